The predicted octanol–water partition coefficient (Wildman–Crippen LogP) is 5.98. The Morgan fingerprint density at radius 2 is 1.03 bits per heavy atom. The molecule has 37 heavy (non-hydrogen) atoms. The van der Waals surface area contributed by atoms with E-state index in [9.17, 15) is 28.1 Å². The Balaban J connectivity index is 1.80. The van der Waals surface area contributed by atoms with Crippen molar-refractivity contribution in [2.24, 2.45) is 11.5 Å². The van der Waals surface area contributed by atoms with Crippen molar-refractivity contribution in [3.8, 4) is 45.5 Å². The fourth-order valence-corrected chi connectivity index (χ4v) is 4.64. The van der Waals surface area contributed by atoms with Gasteiger partial charge in [-0.1, -0.05) is 12.1 Å². The van der Waals surface area contributed by atoms with Crippen molar-refractivity contribution in [2.75, 3.05) is 6.54 Å². The van der Waals surface area contributed by atoms with Crippen molar-refractivity contribution in [3.63, 3.8) is 0 Å². The molecule has 0 bridgehead atoms. The summed E-state index contributed by atoms with van der Waals surface area (Å²) < 4.78 is 55.1. The van der Waals surface area contributed by atoms with E-state index in [-0.39, 0.29) is 17.7 Å². The first-order valence-corrected chi connectivity index (χ1v) is 11.0. The van der Waals surface area contributed by atoms with Crippen LogP contribution in [-0.2, 0) is 0 Å². The molecular weight excluding hydrogens is 480 g/mol. The third kappa shape index (κ3) is 3.81. The zero-order chi connectivity index (χ0) is 26.4. The van der Waals surface area contributed by atoms with Gasteiger partial charge in [0.2, 0.25) is 0 Å². The maximum atomic E-state index is 14.0. The van der Waals surface area contributed by atoms with Crippen LogP contribution >= 0.6 is 0 Å². The molecule has 4 aromatic carbocycles. The van der Waals surface area contributed by atoms with Crippen LogP contribution in [0.4, 0.5) is 17.6 Å². The van der Waals surface area contributed by atoms with Crippen LogP contribution < -0.4 is 11.5 Å². The van der Waals surface area contributed by atoms with Gasteiger partial charge in [-0.3, -0.25) is 0 Å². The van der Waals surface area contributed by atoms with Gasteiger partial charge in [0.15, 0.2) is 23.3 Å². The van der Waals surface area contributed by atoms with Crippen LogP contribution in [0.25, 0.3) is 39.0 Å². The third-order valence-electron chi connectivity index (χ3n) is 6.39. The quantitative estimate of drug-likeness (QED) is 0.300. The van der Waals surface area contributed by atoms with Gasteiger partial charge < -0.3 is 11.5 Å². The molecule has 0 spiro atoms. The molecule has 4 N–H and O–H groups in total. The van der Waals surface area contributed by atoms with Crippen molar-refractivity contribution in [1.82, 2.24) is 0 Å². The molecule has 0 unspecified atom stereocenters. The van der Waals surface area contributed by atoms with Gasteiger partial charge in [-0.15, -0.1) is 0 Å². The van der Waals surface area contributed by atoms with Gasteiger partial charge in [-0.2, -0.15) is 10.5 Å². The van der Waals surface area contributed by atoms with Gasteiger partial charge in [-0.25, -0.2) is 17.6 Å². The molecule has 0 amide bonds. The van der Waals surface area contributed by atoms with Crippen molar-refractivity contribution in [1.29, 1.82) is 10.5 Å². The third-order valence-corrected chi connectivity index (χ3v) is 6.39. The molecule has 1 aliphatic carbocycles. The summed E-state index contributed by atoms with van der Waals surface area (Å²) in [5, 5.41) is 19.7. The summed E-state index contributed by atoms with van der Waals surface area (Å²) in [5.41, 5.74) is 17.1. The summed E-state index contributed by atoms with van der Waals surface area (Å²) in [7, 11) is 0. The summed E-state index contributed by atoms with van der Waals surface area (Å²) >= 11 is 0. The Kier molecular flexibility index (Phi) is 5.75. The topological polar surface area (TPSA) is 99.6 Å². The molecule has 0 atom stereocenters. The molecule has 4 nitrogen and oxygen atoms in total. The first kappa shape index (κ1) is 23.8. The molecule has 5 rings (SSSR count). The monoisotopic (exact) mass is 496 g/mol. The molecule has 0 radical (unpaired) electrons. The van der Waals surface area contributed by atoms with Crippen LogP contribution in [0.1, 0.15) is 22.3 Å². The van der Waals surface area contributed by atoms with E-state index >= 15 is 0 Å². The molecule has 0 saturated carbocycles. The first-order valence-electron chi connectivity index (χ1n) is 11.0. The maximum absolute atomic E-state index is 14.0. The second-order valence-corrected chi connectivity index (χ2v) is 8.47. The molecule has 0 aromatic heterocycles. The summed E-state index contributed by atoms with van der Waals surface area (Å²) in [6.07, 6.45) is 0. The maximum Gasteiger partial charge on any atom is 0.159 e. The molecule has 0 heterocycles. The normalized spacial score (nSPS) is 11.5. The first-order chi connectivity index (χ1) is 17.8. The Bertz CT molecular complexity index is 1620. The van der Waals surface area contributed by atoms with Crippen molar-refractivity contribution in [2.45, 2.75) is 0 Å². The van der Waals surface area contributed by atoms with E-state index in [1.807, 2.05) is 0 Å². The van der Waals surface area contributed by atoms with Crippen molar-refractivity contribution in [3.05, 3.63) is 112 Å². The van der Waals surface area contributed by atoms with Crippen molar-refractivity contribution < 1.29 is 17.6 Å². The molecule has 1 aliphatic rings. The number of hydrogen-bond acceptors (Lipinski definition) is 4. The van der Waals surface area contributed by atoms with Gasteiger partial charge >= 0.3 is 0 Å². The van der Waals surface area contributed by atoms with Crippen LogP contribution in [-0.4, -0.2) is 6.54 Å². The highest BCUT2D eigenvalue weighted by Gasteiger charge is 2.29. The highest BCUT2D eigenvalue weighted by molar-refractivity contribution is 6.05. The minimum atomic E-state index is -1.06. The van der Waals surface area contributed by atoms with E-state index in [2.05, 4.69) is 12.1 Å². The zero-order valence-corrected chi connectivity index (χ0v) is 19.0. The van der Waals surface area contributed by atoms with Gasteiger partial charge in [0.1, 0.15) is 0 Å². The molecule has 8 heteroatoms. The van der Waals surface area contributed by atoms with E-state index in [4.69, 9.17) is 11.5 Å². The lowest BCUT2D eigenvalue weighted by atomic mass is 9.92. The van der Waals surface area contributed by atoms with E-state index in [0.717, 1.165) is 24.3 Å². The average Bonchev–Trinajstić information content (AvgIpc) is 3.22. The Labute approximate surface area is 209 Å². The average molecular weight is 496 g/mol. The number of rotatable bonds is 3. The Morgan fingerprint density at radius 3 is 1.38 bits per heavy atom. The minimum absolute atomic E-state index is 0.0186. The smallest absolute Gasteiger partial charge is 0.159 e. The number of nitrogens with two attached hydrogens (primary N) is 2. The zero-order valence-electron chi connectivity index (χ0n) is 19.0. The van der Waals surface area contributed by atoms with E-state index in [0.29, 0.717) is 55.8 Å². The predicted molar refractivity (Wildman–Crippen MR) is 131 cm³/mol. The summed E-state index contributed by atoms with van der Waals surface area (Å²) in [4.78, 5) is 0. The van der Waals surface area contributed by atoms with Crippen LogP contribution in [0.5, 0.6) is 0 Å². The molecule has 0 fully saturated rings. The van der Waals surface area contributed by atoms with Crippen molar-refractivity contribution >= 4 is 5.57 Å². The SMILES string of the molecule is N#Cc1cc2c(cc1-c1ccc(F)c(F)c1)C(=C(N)CN)c1cc(-c3ccc(F)c(F)c3)c(C#N)cc1-2. The summed E-state index contributed by atoms with van der Waals surface area (Å²) in [6.45, 7) is -0.0186. The van der Waals surface area contributed by atoms with Crippen LogP contribution in [0.3, 0.4) is 0 Å². The van der Waals surface area contributed by atoms with Crippen LogP contribution in [0, 0.1) is 45.9 Å². The van der Waals surface area contributed by atoms with E-state index in [1.54, 1.807) is 24.3 Å². The second kappa shape index (κ2) is 8.94. The molecule has 180 valence electrons. The molecular formula is C29H16F4N4. The molecule has 4 aromatic rings. The van der Waals surface area contributed by atoms with Gasteiger partial charge in [0, 0.05) is 28.9 Å². The number of benzene rings is 4. The standard InChI is InChI=1S/C29H16F4N4/c30-24-3-1-14(7-26(24)32)18-9-22-20(5-16(18)11-34)21-6-17(12-35)19(10-23(21)29(22)28(37)13-36)15-2-4-25(31)27(33)8-15/h1-10H,13,36-37H2. The summed E-state index contributed by atoms with van der Waals surface area (Å²) in [6, 6.07) is 17.4. The number of halogens is 4. The number of fused-ring (bicyclic) bond motifs is 3. The largest absolute Gasteiger partial charge is 0.400 e. The van der Waals surface area contributed by atoms with Gasteiger partial charge in [0.05, 0.1) is 23.3 Å². The lowest BCUT2D eigenvalue weighted by molar-refractivity contribution is 0.509. The minimum Gasteiger partial charge on any atom is -0.400 e. The number of hydrogen-bond donors (Lipinski definition) is 2. The fourth-order valence-electron chi connectivity index (χ4n) is 4.64. The van der Waals surface area contributed by atoms with Gasteiger partial charge in [-0.05, 0) is 81.9 Å². The fraction of sp³-hybridized carbons (Fsp3) is 0.0345. The highest BCUT2D eigenvalue weighted by Crippen LogP contribution is 2.49. The highest BCUT2D eigenvalue weighted by atomic mass is 19.2. The second-order valence-electron chi connectivity index (χ2n) is 8.47. The van der Waals surface area contributed by atoms with E-state index < -0.39 is 23.3 Å². The summed E-state index contributed by atoms with van der Waals surface area (Å²) in [5.74, 6) is -4.15. The molecule has 0 aliphatic heterocycles. The number of nitrogens with zero attached hydrogens (tertiary/aromatic N) is 2. The van der Waals surface area contributed by atoms with E-state index in [1.165, 1.54) is 12.1 Å². The molecule has 0 saturated heterocycles. The van der Waals surface area contributed by atoms with Crippen LogP contribution in [0.2, 0.25) is 0 Å². The Hall–Kier alpha value is -4.92. The van der Waals surface area contributed by atoms with Crippen LogP contribution in [0.15, 0.2) is 66.4 Å². The number of nitriles is 2. The Morgan fingerprint density at radius 1 is 0.595 bits per heavy atom. The van der Waals surface area contributed by atoms with Gasteiger partial charge in [0.25, 0.3) is 0 Å². The lowest BCUT2D eigenvalue weighted by Crippen LogP contribution is -2.13. The lowest BCUT2D eigenvalue weighted by Gasteiger charge is -2.12.